The number of benzene rings is 2. The molecule has 4 rings (SSSR count). The number of nitrogens with one attached hydrogen (secondary N) is 1. The first-order valence-electron chi connectivity index (χ1n) is 12.1. The summed E-state index contributed by atoms with van der Waals surface area (Å²) in [6.07, 6.45) is 1.53. The monoisotopic (exact) mass is 558 g/mol. The maximum absolute atomic E-state index is 12.1. The van der Waals surface area contributed by atoms with E-state index >= 15 is 0 Å². The van der Waals surface area contributed by atoms with Crippen molar-refractivity contribution in [1.82, 2.24) is 9.71 Å². The summed E-state index contributed by atoms with van der Waals surface area (Å²) in [6, 6.07) is 16.5. The minimum absolute atomic E-state index is 0.0724. The predicted octanol–water partition coefficient (Wildman–Crippen LogP) is 3.65. The second kappa shape index (κ2) is 11.1. The van der Waals surface area contributed by atoms with Gasteiger partial charge in [0.1, 0.15) is 27.4 Å². The van der Waals surface area contributed by atoms with Crippen LogP contribution in [0.3, 0.4) is 0 Å². The molecule has 0 aliphatic carbocycles. The van der Waals surface area contributed by atoms with E-state index in [4.69, 9.17) is 9.47 Å². The van der Waals surface area contributed by atoms with E-state index in [0.717, 1.165) is 27.9 Å². The number of hydrogen-bond donors (Lipinski definition) is 1. The summed E-state index contributed by atoms with van der Waals surface area (Å²) in [5, 5.41) is -0.884. The normalized spacial score (nSPS) is 16.7. The number of amides is 1. The van der Waals surface area contributed by atoms with Crippen molar-refractivity contribution in [2.45, 2.75) is 38.5 Å². The number of pyridine rings is 1. The van der Waals surface area contributed by atoms with E-state index in [1.54, 1.807) is 24.3 Å². The molecule has 1 fully saturated rings. The predicted molar refractivity (Wildman–Crippen MR) is 144 cm³/mol. The Morgan fingerprint density at radius 3 is 2.42 bits per heavy atom. The number of ether oxygens (including phenoxy) is 2. The molecule has 0 radical (unpaired) electrons. The van der Waals surface area contributed by atoms with E-state index in [-0.39, 0.29) is 18.8 Å². The minimum atomic E-state index is -3.69. The summed E-state index contributed by atoms with van der Waals surface area (Å²) >= 11 is 0. The van der Waals surface area contributed by atoms with Crippen molar-refractivity contribution in [2.24, 2.45) is 0 Å². The van der Waals surface area contributed by atoms with Crippen LogP contribution >= 0.6 is 0 Å². The molecule has 2 heterocycles. The Balaban J connectivity index is 1.41. The zero-order valence-corrected chi connectivity index (χ0v) is 23.1. The van der Waals surface area contributed by atoms with Gasteiger partial charge in [-0.15, -0.1) is 0 Å². The lowest BCUT2D eigenvalue weighted by Gasteiger charge is -2.14. The Bertz CT molecular complexity index is 1530. The topological polar surface area (TPSA) is 129 Å². The average Bonchev–Trinajstić information content (AvgIpc) is 3.12. The van der Waals surface area contributed by atoms with Crippen molar-refractivity contribution < 1.29 is 31.1 Å². The van der Waals surface area contributed by atoms with Crippen molar-refractivity contribution in [2.75, 3.05) is 18.6 Å². The van der Waals surface area contributed by atoms with Crippen LogP contribution in [0.2, 0.25) is 0 Å². The van der Waals surface area contributed by atoms with Crippen molar-refractivity contribution in [3.8, 4) is 22.8 Å². The highest BCUT2D eigenvalue weighted by atomic mass is 32.2. The third-order valence-electron chi connectivity index (χ3n) is 6.16. The van der Waals surface area contributed by atoms with Crippen LogP contribution in [-0.4, -0.2) is 46.3 Å². The lowest BCUT2D eigenvalue weighted by molar-refractivity contribution is -0.118. The first kappa shape index (κ1) is 27.6. The number of sulfonamides is 1. The molecule has 38 heavy (non-hydrogen) atoms. The lowest BCUT2D eigenvalue weighted by atomic mass is 9.98. The Hall–Kier alpha value is -3.44. The second-order valence-electron chi connectivity index (χ2n) is 9.39. The van der Waals surface area contributed by atoms with Crippen molar-refractivity contribution in [3.63, 3.8) is 0 Å². The van der Waals surface area contributed by atoms with Gasteiger partial charge in [-0.25, -0.2) is 21.8 Å². The summed E-state index contributed by atoms with van der Waals surface area (Å²) in [4.78, 5) is 16.0. The van der Waals surface area contributed by atoms with E-state index in [9.17, 15) is 21.6 Å². The van der Waals surface area contributed by atoms with E-state index in [2.05, 4.69) is 4.98 Å². The zero-order valence-electron chi connectivity index (χ0n) is 21.4. The fourth-order valence-corrected chi connectivity index (χ4v) is 6.48. The van der Waals surface area contributed by atoms with Gasteiger partial charge in [-0.1, -0.05) is 30.3 Å². The molecular weight excluding hydrogens is 528 g/mol. The van der Waals surface area contributed by atoms with Crippen molar-refractivity contribution in [3.05, 3.63) is 77.0 Å². The van der Waals surface area contributed by atoms with Crippen LogP contribution in [0, 0.1) is 13.8 Å². The zero-order chi connectivity index (χ0) is 27.5. The lowest BCUT2D eigenvalue weighted by Crippen LogP contribution is -2.21. The van der Waals surface area contributed by atoms with Crippen LogP contribution < -0.4 is 14.2 Å². The van der Waals surface area contributed by atoms with E-state index in [1.807, 2.05) is 48.9 Å². The van der Waals surface area contributed by atoms with Crippen LogP contribution in [0.25, 0.3) is 11.1 Å². The maximum Gasteiger partial charge on any atom is 0.242 e. The largest absolute Gasteiger partial charge is 0.489 e. The third-order valence-corrected chi connectivity index (χ3v) is 8.89. The quantitative estimate of drug-likeness (QED) is 0.374. The molecule has 9 nitrogen and oxygen atoms in total. The first-order chi connectivity index (χ1) is 17.9. The molecule has 0 bridgehead atoms. The summed E-state index contributed by atoms with van der Waals surface area (Å²) in [7, 11) is -6.71. The third kappa shape index (κ3) is 6.90. The van der Waals surface area contributed by atoms with Gasteiger partial charge in [0.15, 0.2) is 0 Å². The number of nitrogens with zero attached hydrogens (tertiary/aromatic N) is 1. The van der Waals surface area contributed by atoms with E-state index in [0.29, 0.717) is 30.2 Å². The van der Waals surface area contributed by atoms with Crippen LogP contribution in [0.5, 0.6) is 11.6 Å². The maximum atomic E-state index is 12.1. The van der Waals surface area contributed by atoms with E-state index in [1.165, 1.54) is 6.26 Å². The Morgan fingerprint density at radius 1 is 1.05 bits per heavy atom. The number of carbonyl (C=O) groups excluding carboxylic acids is 1. The van der Waals surface area contributed by atoms with Crippen molar-refractivity contribution >= 4 is 25.8 Å². The molecule has 1 unspecified atom stereocenters. The molecular formula is C27H30N2O7S2. The second-order valence-corrected chi connectivity index (χ2v) is 13.5. The molecule has 1 saturated heterocycles. The fourth-order valence-electron chi connectivity index (χ4n) is 4.41. The highest BCUT2D eigenvalue weighted by molar-refractivity contribution is 7.91. The molecule has 1 aliphatic rings. The molecule has 1 aromatic heterocycles. The van der Waals surface area contributed by atoms with Gasteiger partial charge in [-0.3, -0.25) is 9.52 Å². The molecule has 1 atom stereocenters. The summed E-state index contributed by atoms with van der Waals surface area (Å²) in [5.74, 6) is 0.622. The fraction of sp³-hybridized carbons (Fsp3) is 0.333. The van der Waals surface area contributed by atoms with Gasteiger partial charge in [-0.05, 0) is 60.7 Å². The van der Waals surface area contributed by atoms with Crippen LogP contribution in [0.4, 0.5) is 0 Å². The average molecular weight is 559 g/mol. The standard InChI is InChI=1S/C27H30N2O7S2/c1-18-14-26(35-12-5-13-37(3,31)32)28-19(2)27(18)22-7-4-6-20(15-22)17-36-23-10-8-21(9-11-23)24-16-25(30)29-38(24,33)34/h4,6-11,14-15,24H,5,12-13,16-17H2,1-3H3,(H,29,30). The molecule has 202 valence electrons. The van der Waals surface area contributed by atoms with Crippen LogP contribution in [0.1, 0.15) is 40.5 Å². The molecule has 1 amide bonds. The molecule has 1 N–H and O–H groups in total. The molecule has 3 aromatic rings. The molecule has 1 aliphatic heterocycles. The Morgan fingerprint density at radius 2 is 1.79 bits per heavy atom. The number of sulfone groups is 1. The van der Waals surface area contributed by atoms with Crippen molar-refractivity contribution in [1.29, 1.82) is 0 Å². The van der Waals surface area contributed by atoms with Gasteiger partial charge in [0.25, 0.3) is 0 Å². The minimum Gasteiger partial charge on any atom is -0.489 e. The molecule has 0 spiro atoms. The highest BCUT2D eigenvalue weighted by Crippen LogP contribution is 2.32. The molecule has 0 saturated carbocycles. The summed E-state index contributed by atoms with van der Waals surface area (Å²) < 4.78 is 60.4. The Kier molecular flexibility index (Phi) is 8.08. The van der Waals surface area contributed by atoms with Gasteiger partial charge in [0.05, 0.1) is 18.8 Å². The van der Waals surface area contributed by atoms with Gasteiger partial charge >= 0.3 is 0 Å². The van der Waals surface area contributed by atoms with Gasteiger partial charge in [0.2, 0.25) is 21.8 Å². The highest BCUT2D eigenvalue weighted by Gasteiger charge is 2.37. The van der Waals surface area contributed by atoms with E-state index < -0.39 is 31.0 Å². The molecule has 11 heteroatoms. The van der Waals surface area contributed by atoms with Crippen LogP contribution in [-0.2, 0) is 31.3 Å². The summed E-state index contributed by atoms with van der Waals surface area (Å²) in [6.45, 7) is 4.47. The number of aromatic nitrogens is 1. The number of aryl methyl sites for hydroxylation is 2. The van der Waals surface area contributed by atoms with Gasteiger partial charge in [-0.2, -0.15) is 0 Å². The van der Waals surface area contributed by atoms with Crippen LogP contribution in [0.15, 0.2) is 54.6 Å². The number of carbonyl (C=O) groups is 1. The first-order valence-corrected chi connectivity index (χ1v) is 15.7. The van der Waals surface area contributed by atoms with Gasteiger partial charge in [0, 0.05) is 23.6 Å². The Labute approximate surface area is 223 Å². The SMILES string of the molecule is Cc1cc(OCCCS(C)(=O)=O)nc(C)c1-c1cccc(COc2ccc(C3CC(=O)NS3(=O)=O)cc2)c1. The molecule has 2 aromatic carbocycles. The number of rotatable bonds is 10. The number of hydrogen-bond acceptors (Lipinski definition) is 8. The summed E-state index contributed by atoms with van der Waals surface area (Å²) in [5.41, 5.74) is 5.24. The smallest absolute Gasteiger partial charge is 0.242 e. The van der Waals surface area contributed by atoms with Gasteiger partial charge < -0.3 is 9.47 Å².